The molecule has 0 aromatic rings. The molecule has 5 rings (SSSR count). The maximum absolute atomic E-state index is 12.7. The van der Waals surface area contributed by atoms with Gasteiger partial charge in [-0.15, -0.1) is 0 Å². The van der Waals surface area contributed by atoms with Crippen LogP contribution in [0.25, 0.3) is 0 Å². The number of rotatable bonds is 0. The van der Waals surface area contributed by atoms with Gasteiger partial charge < -0.3 is 24.4 Å². The third-order valence-electron chi connectivity index (χ3n) is 8.66. The van der Waals surface area contributed by atoms with Gasteiger partial charge in [0.05, 0.1) is 23.4 Å². The molecule has 0 aromatic carbocycles. The van der Waals surface area contributed by atoms with Gasteiger partial charge in [0.1, 0.15) is 17.8 Å². The van der Waals surface area contributed by atoms with Crippen LogP contribution in [0.5, 0.6) is 0 Å². The predicted octanol–water partition coefficient (Wildman–Crippen LogP) is 2.07. The molecule has 6 heteroatoms. The fourth-order valence-corrected chi connectivity index (χ4v) is 6.83. The first-order valence-electron chi connectivity index (χ1n) is 10.1. The van der Waals surface area contributed by atoms with Crippen LogP contribution in [0.15, 0.2) is 11.5 Å². The maximum Gasteiger partial charge on any atom is 0.286 e. The Balaban J connectivity index is 1.63. The molecule has 6 nitrogen and oxygen atoms in total. The molecule has 3 fully saturated rings. The Kier molecular flexibility index (Phi) is 3.25. The highest BCUT2D eigenvalue weighted by molar-refractivity contribution is 5.96. The van der Waals surface area contributed by atoms with E-state index in [-0.39, 0.29) is 30.0 Å². The first-order chi connectivity index (χ1) is 12.5. The number of hydrogen-bond donors (Lipinski definition) is 2. The van der Waals surface area contributed by atoms with Crippen molar-refractivity contribution in [2.24, 2.45) is 16.7 Å². The smallest absolute Gasteiger partial charge is 0.286 e. The molecule has 3 aliphatic heterocycles. The number of allylic oxidation sites excluding steroid dienone is 1. The van der Waals surface area contributed by atoms with Crippen molar-refractivity contribution in [1.82, 2.24) is 0 Å². The molecule has 2 N–H and O–H groups in total. The van der Waals surface area contributed by atoms with Crippen LogP contribution in [-0.2, 0) is 19.0 Å². The summed E-state index contributed by atoms with van der Waals surface area (Å²) < 4.78 is 18.0. The Morgan fingerprint density at radius 2 is 1.81 bits per heavy atom. The van der Waals surface area contributed by atoms with Crippen LogP contribution in [0.1, 0.15) is 60.3 Å². The predicted molar refractivity (Wildman–Crippen MR) is 95.5 cm³/mol. The molecule has 1 saturated heterocycles. The number of aliphatic hydroxyl groups is 2. The zero-order chi connectivity index (χ0) is 19.6. The molecule has 0 bridgehead atoms. The lowest BCUT2D eigenvalue weighted by Gasteiger charge is -2.67. The minimum absolute atomic E-state index is 0.0496. The summed E-state index contributed by atoms with van der Waals surface area (Å²) in [7, 11) is 0. The number of ketones is 1. The zero-order valence-electron chi connectivity index (χ0n) is 16.7. The Bertz CT molecular complexity index is 758. The van der Waals surface area contributed by atoms with E-state index in [4.69, 9.17) is 14.2 Å². The average Bonchev–Trinajstić information content (AvgIpc) is 3.37. The first kappa shape index (κ1) is 18.0. The van der Waals surface area contributed by atoms with E-state index in [2.05, 4.69) is 0 Å². The van der Waals surface area contributed by atoms with E-state index in [9.17, 15) is 15.0 Å². The molecule has 2 saturated carbocycles. The van der Waals surface area contributed by atoms with Crippen LogP contribution >= 0.6 is 0 Å². The lowest BCUT2D eigenvalue weighted by molar-refractivity contribution is -0.300. The van der Waals surface area contributed by atoms with Crippen molar-refractivity contribution in [3.63, 3.8) is 0 Å². The van der Waals surface area contributed by atoms with Gasteiger partial charge >= 0.3 is 0 Å². The van der Waals surface area contributed by atoms with Crippen LogP contribution in [0.2, 0.25) is 0 Å². The van der Waals surface area contributed by atoms with E-state index in [1.807, 2.05) is 34.6 Å². The van der Waals surface area contributed by atoms with Gasteiger partial charge in [0.25, 0.3) is 5.95 Å². The topological polar surface area (TPSA) is 88.5 Å². The van der Waals surface area contributed by atoms with Crippen LogP contribution in [-0.4, -0.2) is 51.6 Å². The SMILES string of the molecule is C[C@@H]1CC(=O)C2=C(O1)O[C@]1(C)CC[C@]3(O)C(C)(C)[C@@H]4O[C@@H]4[C@H](O)[C@@]3(C)[C@@H]1C2. The van der Waals surface area contributed by atoms with E-state index in [1.165, 1.54) is 0 Å². The van der Waals surface area contributed by atoms with Crippen molar-refractivity contribution in [2.45, 2.75) is 95.9 Å². The molecule has 0 spiro atoms. The fourth-order valence-electron chi connectivity index (χ4n) is 6.83. The third-order valence-corrected chi connectivity index (χ3v) is 8.66. The summed E-state index contributed by atoms with van der Waals surface area (Å²) in [6, 6.07) is 0. The normalized spacial score (nSPS) is 55.4. The highest BCUT2D eigenvalue weighted by Crippen LogP contribution is 2.70. The number of fused-ring (bicyclic) bond motifs is 4. The highest BCUT2D eigenvalue weighted by Gasteiger charge is 2.79. The van der Waals surface area contributed by atoms with Gasteiger partial charge in [-0.1, -0.05) is 20.8 Å². The van der Waals surface area contributed by atoms with Crippen molar-refractivity contribution in [3.8, 4) is 0 Å². The second-order valence-electron chi connectivity index (χ2n) is 10.3. The average molecular weight is 378 g/mol. The molecule has 0 amide bonds. The molecule has 0 aromatic heterocycles. The van der Waals surface area contributed by atoms with Gasteiger partial charge in [-0.25, -0.2) is 0 Å². The van der Waals surface area contributed by atoms with Gasteiger partial charge in [0, 0.05) is 23.2 Å². The first-order valence-corrected chi connectivity index (χ1v) is 10.1. The molecule has 0 unspecified atom stereocenters. The summed E-state index contributed by atoms with van der Waals surface area (Å²) in [5.74, 6) is 0.202. The fraction of sp³-hybridized carbons (Fsp3) is 0.857. The van der Waals surface area contributed by atoms with Crippen molar-refractivity contribution in [1.29, 1.82) is 0 Å². The van der Waals surface area contributed by atoms with Crippen molar-refractivity contribution >= 4 is 5.78 Å². The second kappa shape index (κ2) is 4.89. The molecule has 3 heterocycles. The summed E-state index contributed by atoms with van der Waals surface area (Å²) in [4.78, 5) is 12.7. The number of epoxide rings is 1. The summed E-state index contributed by atoms with van der Waals surface area (Å²) in [6.45, 7) is 9.94. The van der Waals surface area contributed by atoms with Gasteiger partial charge in [-0.05, 0) is 33.1 Å². The maximum atomic E-state index is 12.7. The lowest BCUT2D eigenvalue weighted by atomic mass is 9.41. The molecule has 8 atom stereocenters. The number of carbonyl (C=O) groups excluding carboxylic acids is 1. The Morgan fingerprint density at radius 3 is 2.52 bits per heavy atom. The number of ether oxygens (including phenoxy) is 3. The van der Waals surface area contributed by atoms with Crippen LogP contribution in [0.3, 0.4) is 0 Å². The van der Waals surface area contributed by atoms with E-state index in [0.717, 1.165) is 0 Å². The molecule has 150 valence electrons. The summed E-state index contributed by atoms with van der Waals surface area (Å²) in [6.07, 6.45) is 0.576. The van der Waals surface area contributed by atoms with Gasteiger partial charge in [0.15, 0.2) is 5.78 Å². The summed E-state index contributed by atoms with van der Waals surface area (Å²) in [5, 5.41) is 23.2. The summed E-state index contributed by atoms with van der Waals surface area (Å²) >= 11 is 0. The van der Waals surface area contributed by atoms with E-state index < -0.39 is 28.1 Å². The minimum atomic E-state index is -1.10. The van der Waals surface area contributed by atoms with Crippen LogP contribution in [0, 0.1) is 16.7 Å². The summed E-state index contributed by atoms with van der Waals surface area (Å²) in [5.41, 5.74) is -2.46. The van der Waals surface area contributed by atoms with E-state index in [0.29, 0.717) is 37.2 Å². The lowest BCUT2D eigenvalue weighted by Crippen LogP contribution is -2.75. The minimum Gasteiger partial charge on any atom is -0.462 e. The molecule has 5 aliphatic rings. The standard InChI is InChI=1S/C21H30O6/c1-10-8-12(22)11-9-13-19(4,27-17(11)25-10)6-7-21(24)18(2,3)16-14(26-16)15(23)20(13,21)5/h10,13-16,23-24H,6-9H2,1-5H3/t10-,13-,14-,15+,16-,19-,20-,21+/m1/s1. The molecule has 27 heavy (non-hydrogen) atoms. The van der Waals surface area contributed by atoms with Crippen LogP contribution in [0.4, 0.5) is 0 Å². The Hall–Kier alpha value is -1.11. The van der Waals surface area contributed by atoms with Gasteiger partial charge in [-0.3, -0.25) is 4.79 Å². The van der Waals surface area contributed by atoms with Gasteiger partial charge in [0.2, 0.25) is 0 Å². The largest absolute Gasteiger partial charge is 0.462 e. The van der Waals surface area contributed by atoms with Crippen molar-refractivity contribution in [3.05, 3.63) is 11.5 Å². The molecule has 0 radical (unpaired) electrons. The van der Waals surface area contributed by atoms with Crippen LogP contribution < -0.4 is 0 Å². The van der Waals surface area contributed by atoms with E-state index >= 15 is 0 Å². The monoisotopic (exact) mass is 378 g/mol. The molecular weight excluding hydrogens is 348 g/mol. The number of carbonyl (C=O) groups is 1. The second-order valence-corrected chi connectivity index (χ2v) is 10.3. The van der Waals surface area contributed by atoms with E-state index in [1.54, 1.807) is 0 Å². The highest BCUT2D eigenvalue weighted by atomic mass is 16.7. The zero-order valence-corrected chi connectivity index (χ0v) is 16.7. The Labute approximate surface area is 159 Å². The third kappa shape index (κ3) is 1.90. The molecular formula is C21H30O6. The number of hydrogen-bond acceptors (Lipinski definition) is 6. The molecule has 2 aliphatic carbocycles. The van der Waals surface area contributed by atoms with Crippen molar-refractivity contribution in [2.75, 3.05) is 0 Å². The van der Waals surface area contributed by atoms with Gasteiger partial charge in [-0.2, -0.15) is 0 Å². The quantitative estimate of drug-likeness (QED) is 0.628. The number of aliphatic hydroxyl groups excluding tert-OH is 1. The number of Topliss-reactive ketones (excluding diaryl/α,β-unsaturated/α-hetero) is 1. The Morgan fingerprint density at radius 1 is 1.11 bits per heavy atom. The van der Waals surface area contributed by atoms with Crippen molar-refractivity contribution < 1.29 is 29.2 Å².